The smallest absolute Gasteiger partial charge is 0.326 e. The van der Waals surface area contributed by atoms with E-state index < -0.39 is 57.8 Å². The maximum atomic E-state index is 14.6. The Labute approximate surface area is 132 Å². The lowest BCUT2D eigenvalue weighted by Gasteiger charge is -2.17. The number of halogens is 3. The summed E-state index contributed by atoms with van der Waals surface area (Å²) in [7, 11) is -4.38. The van der Waals surface area contributed by atoms with Crippen molar-refractivity contribution in [2.24, 2.45) is 0 Å². The minimum Gasteiger partial charge on any atom is -0.506 e. The van der Waals surface area contributed by atoms with Gasteiger partial charge in [-0.25, -0.2) is 18.4 Å². The Hall–Kier alpha value is -2.83. The summed E-state index contributed by atoms with van der Waals surface area (Å²) >= 11 is 0. The van der Waals surface area contributed by atoms with Crippen molar-refractivity contribution in [3.63, 3.8) is 0 Å². The number of carbonyl (C=O) groups excluding carboxylic acids is 1. The second-order valence-corrected chi connectivity index (χ2v) is 6.26. The third kappa shape index (κ3) is 2.62. The molecule has 13 heteroatoms. The number of phenols is 1. The number of hydrogen-bond acceptors (Lipinski definition) is 7. The number of fused-ring (bicyclic) bond motifs is 1. The number of anilines is 2. The molecule has 1 fully saturated rings. The maximum Gasteiger partial charge on any atom is 0.326 e. The lowest BCUT2D eigenvalue weighted by Crippen LogP contribution is -2.30. The lowest BCUT2D eigenvalue weighted by molar-refractivity contribution is -0.117. The Morgan fingerprint density at radius 1 is 1.42 bits per heavy atom. The first kappa shape index (κ1) is 16.0. The fourth-order valence-corrected chi connectivity index (χ4v) is 3.32. The molecule has 1 aromatic heterocycles. The minimum absolute atomic E-state index is 0.190. The summed E-state index contributed by atoms with van der Waals surface area (Å²) in [4.78, 5) is 18.5. The van der Waals surface area contributed by atoms with E-state index in [1.165, 1.54) is 0 Å². The maximum absolute atomic E-state index is 14.6. The monoisotopic (exact) mass is 363 g/mol. The van der Waals surface area contributed by atoms with Gasteiger partial charge >= 0.3 is 16.8 Å². The predicted molar refractivity (Wildman–Crippen MR) is 75.2 cm³/mol. The minimum atomic E-state index is -4.38. The predicted octanol–water partition coefficient (Wildman–Crippen LogP) is 0.290. The van der Waals surface area contributed by atoms with E-state index in [0.717, 1.165) is 12.3 Å². The summed E-state index contributed by atoms with van der Waals surface area (Å²) in [6, 6.07) is 0.908. The Morgan fingerprint density at radius 3 is 2.71 bits per heavy atom. The highest BCUT2D eigenvalue weighted by molar-refractivity contribution is 7.92. The van der Waals surface area contributed by atoms with Gasteiger partial charge in [-0.2, -0.15) is 17.2 Å². The molecule has 3 N–H and O–H groups in total. The normalized spacial score (nSPS) is 16.7. The van der Waals surface area contributed by atoms with E-state index in [1.807, 2.05) is 0 Å². The highest BCUT2D eigenvalue weighted by Crippen LogP contribution is 2.37. The number of hydrogen-bond donors (Lipinski definition) is 3. The average Bonchev–Trinajstić information content (AvgIpc) is 2.72. The number of nitrogens with zero attached hydrogens (tertiary/aromatic N) is 3. The Bertz CT molecular complexity index is 952. The van der Waals surface area contributed by atoms with Crippen molar-refractivity contribution in [1.29, 1.82) is 0 Å². The number of alkyl halides is 2. The highest BCUT2D eigenvalue weighted by Gasteiger charge is 2.38. The topological polar surface area (TPSA) is 125 Å². The zero-order valence-corrected chi connectivity index (χ0v) is 12.3. The van der Waals surface area contributed by atoms with E-state index >= 15 is 0 Å². The zero-order chi connectivity index (χ0) is 17.6. The first-order valence-corrected chi connectivity index (χ1v) is 7.69. The molecule has 0 unspecified atom stereocenters. The van der Waals surface area contributed by atoms with Gasteiger partial charge in [0.2, 0.25) is 0 Å². The van der Waals surface area contributed by atoms with E-state index in [1.54, 1.807) is 10.0 Å². The summed E-state index contributed by atoms with van der Waals surface area (Å²) in [5, 5.41) is 11.5. The summed E-state index contributed by atoms with van der Waals surface area (Å²) in [5.41, 5.74) is -1.57. The van der Waals surface area contributed by atoms with Crippen molar-refractivity contribution in [3.05, 3.63) is 18.1 Å². The van der Waals surface area contributed by atoms with Crippen LogP contribution in [-0.4, -0.2) is 42.5 Å². The van der Waals surface area contributed by atoms with Crippen LogP contribution < -0.4 is 14.3 Å². The van der Waals surface area contributed by atoms with Gasteiger partial charge in [-0.1, -0.05) is 0 Å². The van der Waals surface area contributed by atoms with Crippen molar-refractivity contribution in [2.75, 3.05) is 16.2 Å². The summed E-state index contributed by atoms with van der Waals surface area (Å²) in [6.07, 6.45) is 0.894. The van der Waals surface area contributed by atoms with Crippen LogP contribution in [0.15, 0.2) is 12.3 Å². The van der Waals surface area contributed by atoms with E-state index in [0.29, 0.717) is 4.31 Å². The largest absolute Gasteiger partial charge is 0.506 e. The molecule has 2 aromatic rings. The second-order valence-electron chi connectivity index (χ2n) is 4.66. The summed E-state index contributed by atoms with van der Waals surface area (Å²) in [5.74, 6) is -3.50. The van der Waals surface area contributed by atoms with Gasteiger partial charge in [0.1, 0.15) is 29.3 Å². The van der Waals surface area contributed by atoms with Gasteiger partial charge in [0, 0.05) is 6.07 Å². The quantitative estimate of drug-likeness (QED) is 0.670. The van der Waals surface area contributed by atoms with Gasteiger partial charge < -0.3 is 10.4 Å². The van der Waals surface area contributed by atoms with Crippen LogP contribution in [0.25, 0.3) is 11.0 Å². The van der Waals surface area contributed by atoms with Gasteiger partial charge in [0.25, 0.3) is 5.91 Å². The SMILES string of the molecule is O=C1CN(c2c(O)cc3ncc(NC(F)F)nc3c2F)S(=O)(=O)N1. The van der Waals surface area contributed by atoms with Gasteiger partial charge in [-0.3, -0.25) is 9.78 Å². The van der Waals surface area contributed by atoms with Crippen molar-refractivity contribution in [3.8, 4) is 5.75 Å². The third-order valence-electron chi connectivity index (χ3n) is 3.06. The molecule has 128 valence electrons. The first-order valence-electron chi connectivity index (χ1n) is 6.25. The third-order valence-corrected chi connectivity index (χ3v) is 4.44. The molecule has 0 atom stereocenters. The number of amides is 1. The number of carbonyl (C=O) groups is 1. The molecule has 0 bridgehead atoms. The molecule has 0 aliphatic carbocycles. The number of rotatable bonds is 3. The van der Waals surface area contributed by atoms with Crippen LogP contribution in [0, 0.1) is 5.82 Å². The molecule has 1 aliphatic rings. The van der Waals surface area contributed by atoms with Gasteiger partial charge in [0.15, 0.2) is 5.82 Å². The van der Waals surface area contributed by atoms with Crippen molar-refractivity contribution in [1.82, 2.24) is 14.7 Å². The van der Waals surface area contributed by atoms with Gasteiger partial charge in [0.05, 0.1) is 11.7 Å². The number of nitrogens with one attached hydrogen (secondary N) is 2. The molecule has 1 amide bonds. The lowest BCUT2D eigenvalue weighted by atomic mass is 10.2. The molecule has 3 rings (SSSR count). The summed E-state index contributed by atoms with van der Waals surface area (Å²) < 4.78 is 64.8. The second kappa shape index (κ2) is 5.36. The Kier molecular flexibility index (Phi) is 3.59. The van der Waals surface area contributed by atoms with Crippen LogP contribution in [-0.2, 0) is 15.0 Å². The van der Waals surface area contributed by atoms with Crippen molar-refractivity contribution in [2.45, 2.75) is 6.55 Å². The average molecular weight is 363 g/mol. The van der Waals surface area contributed by atoms with Crippen LogP contribution in [0.3, 0.4) is 0 Å². The number of phenolic OH excluding ortho intramolecular Hbond substituents is 1. The van der Waals surface area contributed by atoms with Crippen molar-refractivity contribution >= 4 is 38.7 Å². The first-order chi connectivity index (χ1) is 11.2. The molecule has 2 heterocycles. The molecular formula is C11H8F3N5O4S. The Balaban J connectivity index is 2.20. The molecule has 24 heavy (non-hydrogen) atoms. The van der Waals surface area contributed by atoms with Gasteiger partial charge in [-0.15, -0.1) is 0 Å². The van der Waals surface area contributed by atoms with Crippen LogP contribution >= 0.6 is 0 Å². The number of benzene rings is 1. The molecule has 0 radical (unpaired) electrons. The van der Waals surface area contributed by atoms with Crippen LogP contribution in [0.4, 0.5) is 24.7 Å². The van der Waals surface area contributed by atoms with E-state index in [-0.39, 0.29) is 5.52 Å². The molecule has 1 aromatic carbocycles. The summed E-state index contributed by atoms with van der Waals surface area (Å²) in [6.45, 7) is -3.72. The molecular weight excluding hydrogens is 355 g/mol. The standard InChI is InChI=1S/C11H8F3N5O4S/c12-8-9-4(15-2-6(16-9)17-11(13)14)1-5(20)10(8)19-3-7(21)18-24(19,22)23/h1-2,11,20H,3H2,(H,16,17)(H,18,21). The van der Waals surface area contributed by atoms with Crippen LogP contribution in [0.1, 0.15) is 0 Å². The zero-order valence-electron chi connectivity index (χ0n) is 11.5. The van der Waals surface area contributed by atoms with Gasteiger partial charge in [-0.05, 0) is 0 Å². The fourth-order valence-electron chi connectivity index (χ4n) is 2.15. The van der Waals surface area contributed by atoms with Crippen LogP contribution in [0.2, 0.25) is 0 Å². The number of aromatic hydroxyl groups is 1. The van der Waals surface area contributed by atoms with Crippen LogP contribution in [0.5, 0.6) is 5.75 Å². The van der Waals surface area contributed by atoms with E-state index in [4.69, 9.17) is 0 Å². The molecule has 1 saturated heterocycles. The number of aromatic nitrogens is 2. The molecule has 1 aliphatic heterocycles. The fraction of sp³-hybridized carbons (Fsp3) is 0.182. The van der Waals surface area contributed by atoms with E-state index in [9.17, 15) is 31.5 Å². The molecule has 0 spiro atoms. The molecule has 0 saturated carbocycles. The van der Waals surface area contributed by atoms with E-state index in [2.05, 4.69) is 9.97 Å². The molecule has 9 nitrogen and oxygen atoms in total. The van der Waals surface area contributed by atoms with Crippen molar-refractivity contribution < 1.29 is 31.5 Å². The highest BCUT2D eigenvalue weighted by atomic mass is 32.2. The Morgan fingerprint density at radius 2 is 2.12 bits per heavy atom.